The lowest BCUT2D eigenvalue weighted by atomic mass is 10.0. The van der Waals surface area contributed by atoms with Crippen molar-refractivity contribution in [3.05, 3.63) is 65.2 Å². The Kier molecular flexibility index (Phi) is 4.26. The molecule has 0 N–H and O–H groups in total. The fourth-order valence-corrected chi connectivity index (χ4v) is 3.74. The Morgan fingerprint density at radius 2 is 1.65 bits per heavy atom. The minimum absolute atomic E-state index is 0.0327. The average Bonchev–Trinajstić information content (AvgIpc) is 2.63. The summed E-state index contributed by atoms with van der Waals surface area (Å²) in [7, 11) is -3.45. The molecular formula is C18H14ClN3O3S. The topological polar surface area (TPSA) is 71.3 Å². The molecule has 0 bridgehead atoms. The van der Waals surface area contributed by atoms with Gasteiger partial charge in [-0.15, -0.1) is 4.40 Å². The van der Waals surface area contributed by atoms with E-state index in [1.807, 2.05) is 24.3 Å². The molecule has 0 amide bonds. The predicted molar refractivity (Wildman–Crippen MR) is 102 cm³/mol. The van der Waals surface area contributed by atoms with E-state index in [1.54, 1.807) is 41.6 Å². The normalized spacial score (nSPS) is 18.0. The third-order valence-corrected chi connectivity index (χ3v) is 5.34. The van der Waals surface area contributed by atoms with Gasteiger partial charge in [-0.1, -0.05) is 23.7 Å². The summed E-state index contributed by atoms with van der Waals surface area (Å²) in [5.74, 6) is 1.66. The predicted octanol–water partition coefficient (Wildman–Crippen LogP) is 3.56. The average molecular weight is 388 g/mol. The molecule has 0 fully saturated rings. The van der Waals surface area contributed by atoms with Gasteiger partial charge >= 0.3 is 0 Å². The van der Waals surface area contributed by atoms with Crippen LogP contribution in [0.5, 0.6) is 11.5 Å². The number of rotatable bonds is 3. The van der Waals surface area contributed by atoms with Crippen LogP contribution in [-0.2, 0) is 10.0 Å². The summed E-state index contributed by atoms with van der Waals surface area (Å²) in [6.07, 6.45) is 3.40. The highest BCUT2D eigenvalue weighted by Gasteiger charge is 2.28. The van der Waals surface area contributed by atoms with Crippen molar-refractivity contribution in [3.8, 4) is 11.5 Å². The molecule has 0 saturated carbocycles. The molecular weight excluding hydrogens is 374 g/mol. The summed E-state index contributed by atoms with van der Waals surface area (Å²) >= 11 is 5.87. The van der Waals surface area contributed by atoms with Gasteiger partial charge in [0.2, 0.25) is 0 Å². The smallest absolute Gasteiger partial charge is 0.256 e. The van der Waals surface area contributed by atoms with E-state index in [9.17, 15) is 8.42 Å². The van der Waals surface area contributed by atoms with Crippen molar-refractivity contribution in [3.63, 3.8) is 0 Å². The summed E-state index contributed by atoms with van der Waals surface area (Å²) in [5, 5.41) is 6.42. The van der Waals surface area contributed by atoms with Crippen molar-refractivity contribution in [1.82, 2.24) is 5.01 Å². The van der Waals surface area contributed by atoms with Gasteiger partial charge in [-0.25, -0.2) is 13.4 Å². The van der Waals surface area contributed by atoms with Crippen molar-refractivity contribution in [2.24, 2.45) is 9.50 Å². The SMILES string of the molecule is O=S1(=O)CCN2N=CC=C(c3ccc(Oc4ccc(Cl)cc4)cc3)C2=N1. The first-order chi connectivity index (χ1) is 12.5. The molecule has 26 heavy (non-hydrogen) atoms. The second-order valence-electron chi connectivity index (χ2n) is 5.75. The maximum atomic E-state index is 11.8. The molecule has 0 saturated heterocycles. The number of sulfonamides is 1. The Morgan fingerprint density at radius 3 is 2.35 bits per heavy atom. The van der Waals surface area contributed by atoms with Crippen LogP contribution in [0.15, 0.2) is 64.1 Å². The van der Waals surface area contributed by atoms with Gasteiger partial charge in [0, 0.05) is 16.8 Å². The van der Waals surface area contributed by atoms with Crippen LogP contribution in [-0.4, -0.2) is 37.8 Å². The zero-order valence-corrected chi connectivity index (χ0v) is 15.1. The Bertz CT molecular complexity index is 1030. The van der Waals surface area contributed by atoms with Gasteiger partial charge in [0.1, 0.15) is 11.5 Å². The second-order valence-corrected chi connectivity index (χ2v) is 7.94. The molecule has 0 aromatic heterocycles. The molecule has 4 rings (SSSR count). The maximum Gasteiger partial charge on any atom is 0.256 e. The van der Waals surface area contributed by atoms with E-state index < -0.39 is 10.0 Å². The minimum Gasteiger partial charge on any atom is -0.457 e. The van der Waals surface area contributed by atoms with E-state index >= 15 is 0 Å². The zero-order valence-electron chi connectivity index (χ0n) is 13.5. The van der Waals surface area contributed by atoms with E-state index in [0.29, 0.717) is 34.5 Å². The Balaban J connectivity index is 1.60. The number of halogens is 1. The monoisotopic (exact) mass is 387 g/mol. The molecule has 2 aliphatic heterocycles. The van der Waals surface area contributed by atoms with Crippen LogP contribution in [0.1, 0.15) is 5.56 Å². The van der Waals surface area contributed by atoms with Gasteiger partial charge in [0.15, 0.2) is 5.84 Å². The van der Waals surface area contributed by atoms with Gasteiger partial charge in [-0.3, -0.25) is 0 Å². The van der Waals surface area contributed by atoms with Crippen LogP contribution in [0.25, 0.3) is 5.57 Å². The fourth-order valence-electron chi connectivity index (χ4n) is 2.66. The van der Waals surface area contributed by atoms with E-state index in [2.05, 4.69) is 9.50 Å². The van der Waals surface area contributed by atoms with Crippen LogP contribution < -0.4 is 4.74 Å². The molecule has 0 unspecified atom stereocenters. The van der Waals surface area contributed by atoms with Gasteiger partial charge in [0.25, 0.3) is 10.0 Å². The van der Waals surface area contributed by atoms with Crippen molar-refractivity contribution < 1.29 is 13.2 Å². The molecule has 8 heteroatoms. The first kappa shape index (κ1) is 16.8. The summed E-state index contributed by atoms with van der Waals surface area (Å²) in [6, 6.07) is 14.4. The number of allylic oxidation sites excluding steroid dienone is 1. The molecule has 2 aromatic rings. The fraction of sp³-hybridized carbons (Fsp3) is 0.111. The van der Waals surface area contributed by atoms with E-state index in [4.69, 9.17) is 16.3 Å². The summed E-state index contributed by atoms with van der Waals surface area (Å²) in [6.45, 7) is 0.298. The number of hydrogen-bond acceptors (Lipinski definition) is 5. The summed E-state index contributed by atoms with van der Waals surface area (Å²) < 4.78 is 33.3. The molecule has 0 atom stereocenters. The molecule has 2 aliphatic rings. The Labute approximate surface area is 156 Å². The van der Waals surface area contributed by atoms with Crippen molar-refractivity contribution in [2.45, 2.75) is 0 Å². The van der Waals surface area contributed by atoms with Gasteiger partial charge in [-0.05, 0) is 48.0 Å². The highest BCUT2D eigenvalue weighted by Crippen LogP contribution is 2.28. The first-order valence-corrected chi connectivity index (χ1v) is 9.88. The zero-order chi connectivity index (χ0) is 18.1. The molecule has 0 spiro atoms. The Hall–Kier alpha value is -2.64. The molecule has 0 radical (unpaired) electrons. The third-order valence-electron chi connectivity index (χ3n) is 3.93. The lowest BCUT2D eigenvalue weighted by Gasteiger charge is -2.27. The Morgan fingerprint density at radius 1 is 1.00 bits per heavy atom. The highest BCUT2D eigenvalue weighted by molar-refractivity contribution is 7.90. The number of nitrogens with zero attached hydrogens (tertiary/aromatic N) is 3. The number of amidine groups is 1. The van der Waals surface area contributed by atoms with Crippen molar-refractivity contribution in [1.29, 1.82) is 0 Å². The van der Waals surface area contributed by atoms with Gasteiger partial charge < -0.3 is 4.74 Å². The van der Waals surface area contributed by atoms with Crippen LogP contribution in [0.3, 0.4) is 0 Å². The largest absolute Gasteiger partial charge is 0.457 e. The molecule has 132 valence electrons. The first-order valence-electron chi connectivity index (χ1n) is 7.89. The van der Waals surface area contributed by atoms with Crippen molar-refractivity contribution >= 4 is 39.2 Å². The van der Waals surface area contributed by atoms with Gasteiger partial charge in [-0.2, -0.15) is 5.10 Å². The van der Waals surface area contributed by atoms with Crippen LogP contribution in [0.2, 0.25) is 5.02 Å². The highest BCUT2D eigenvalue weighted by atomic mass is 35.5. The van der Waals surface area contributed by atoms with E-state index in [-0.39, 0.29) is 5.75 Å². The standard InChI is InChI=1S/C18H14ClN3O3S/c19-14-3-7-16(8-4-14)25-15-5-1-13(2-6-15)17-9-10-20-22-11-12-26(23,24)21-18(17)22/h1-10H,11-12H2. The quantitative estimate of drug-likeness (QED) is 0.807. The van der Waals surface area contributed by atoms with E-state index in [0.717, 1.165) is 5.56 Å². The van der Waals surface area contributed by atoms with Crippen LogP contribution >= 0.6 is 11.6 Å². The lowest BCUT2D eigenvalue weighted by Crippen LogP contribution is -2.38. The van der Waals surface area contributed by atoms with Crippen LogP contribution in [0.4, 0.5) is 0 Å². The van der Waals surface area contributed by atoms with Crippen LogP contribution in [0, 0.1) is 0 Å². The van der Waals surface area contributed by atoms with Crippen molar-refractivity contribution in [2.75, 3.05) is 12.3 Å². The van der Waals surface area contributed by atoms with Gasteiger partial charge in [0.05, 0.1) is 12.3 Å². The number of fused-ring (bicyclic) bond motifs is 1. The molecule has 2 aromatic carbocycles. The lowest BCUT2D eigenvalue weighted by molar-refractivity contribution is 0.464. The summed E-state index contributed by atoms with van der Waals surface area (Å²) in [5.41, 5.74) is 1.54. The minimum atomic E-state index is -3.45. The maximum absolute atomic E-state index is 11.8. The molecule has 0 aliphatic carbocycles. The number of hydrogen-bond donors (Lipinski definition) is 0. The number of benzene rings is 2. The van der Waals surface area contributed by atoms with E-state index in [1.165, 1.54) is 0 Å². The summed E-state index contributed by atoms with van der Waals surface area (Å²) in [4.78, 5) is 0. The molecule has 6 nitrogen and oxygen atoms in total. The molecule has 2 heterocycles. The number of ether oxygens (including phenoxy) is 1. The number of hydrazone groups is 1. The second kappa shape index (κ2) is 6.59. The third kappa shape index (κ3) is 3.49.